The van der Waals surface area contributed by atoms with Crippen LogP contribution in [0, 0.1) is 0 Å². The second kappa shape index (κ2) is 5.38. The van der Waals surface area contributed by atoms with Gasteiger partial charge in [0.1, 0.15) is 0 Å². The normalized spacial score (nSPS) is 21.7. The van der Waals surface area contributed by atoms with E-state index < -0.39 is 0 Å². The Hall–Kier alpha value is -0.280. The summed E-state index contributed by atoms with van der Waals surface area (Å²) in [6, 6.07) is 0.433. The number of nitrogens with zero attached hydrogens (tertiary/aromatic N) is 1. The average Bonchev–Trinajstić information content (AvgIpc) is 2.53. The Bertz CT molecular complexity index is 146. The zero-order valence-corrected chi connectivity index (χ0v) is 8.49. The van der Waals surface area contributed by atoms with Gasteiger partial charge in [0, 0.05) is 26.1 Å². The predicted octanol–water partition coefficient (Wildman–Crippen LogP) is 0.639. The Morgan fingerprint density at radius 2 is 2.33 bits per heavy atom. The second-order valence-electron chi connectivity index (χ2n) is 3.00. The SMILES string of the molecule is CCC(=O)N(C)[C@@H]1CCNC1.Cl. The lowest BCUT2D eigenvalue weighted by Gasteiger charge is -2.22. The third-order valence-corrected chi connectivity index (χ3v) is 2.28. The number of rotatable bonds is 2. The van der Waals surface area contributed by atoms with Crippen LogP contribution < -0.4 is 5.32 Å². The first-order chi connectivity index (χ1) is 5.25. The van der Waals surface area contributed by atoms with E-state index in [-0.39, 0.29) is 18.3 Å². The standard InChI is InChI=1S/C8H16N2O.ClH/c1-3-8(11)10(2)7-4-5-9-6-7;/h7,9H,3-6H2,1-2H3;1H/t7-;/m1./s1. The molecule has 0 aromatic carbocycles. The van der Waals surface area contributed by atoms with Gasteiger partial charge in [-0.2, -0.15) is 0 Å². The van der Waals surface area contributed by atoms with E-state index in [1.165, 1.54) is 0 Å². The minimum absolute atomic E-state index is 0. The molecular formula is C8H17ClN2O. The van der Waals surface area contributed by atoms with Crippen molar-refractivity contribution in [2.75, 3.05) is 20.1 Å². The quantitative estimate of drug-likeness (QED) is 0.697. The summed E-state index contributed by atoms with van der Waals surface area (Å²) in [5, 5.41) is 3.24. The lowest BCUT2D eigenvalue weighted by molar-refractivity contribution is -0.131. The molecule has 1 N–H and O–H groups in total. The van der Waals surface area contributed by atoms with Crippen molar-refractivity contribution in [2.45, 2.75) is 25.8 Å². The van der Waals surface area contributed by atoms with Gasteiger partial charge in [0.05, 0.1) is 0 Å². The lowest BCUT2D eigenvalue weighted by Crippen LogP contribution is -2.37. The van der Waals surface area contributed by atoms with E-state index in [0.717, 1.165) is 19.5 Å². The van der Waals surface area contributed by atoms with Crippen molar-refractivity contribution in [3.8, 4) is 0 Å². The number of hydrogen-bond acceptors (Lipinski definition) is 2. The highest BCUT2D eigenvalue weighted by atomic mass is 35.5. The summed E-state index contributed by atoms with van der Waals surface area (Å²) in [6.07, 6.45) is 1.72. The Balaban J connectivity index is 0.00000121. The van der Waals surface area contributed by atoms with Gasteiger partial charge in [0.25, 0.3) is 0 Å². The first kappa shape index (κ1) is 11.7. The van der Waals surface area contributed by atoms with E-state index in [1.807, 2.05) is 18.9 Å². The third kappa shape index (κ3) is 2.64. The van der Waals surface area contributed by atoms with Crippen molar-refractivity contribution in [1.82, 2.24) is 10.2 Å². The van der Waals surface area contributed by atoms with Gasteiger partial charge < -0.3 is 10.2 Å². The first-order valence-corrected chi connectivity index (χ1v) is 4.22. The molecular weight excluding hydrogens is 176 g/mol. The van der Waals surface area contributed by atoms with Crippen molar-refractivity contribution < 1.29 is 4.79 Å². The fraction of sp³-hybridized carbons (Fsp3) is 0.875. The minimum Gasteiger partial charge on any atom is -0.341 e. The van der Waals surface area contributed by atoms with Gasteiger partial charge in [-0.3, -0.25) is 4.79 Å². The monoisotopic (exact) mass is 192 g/mol. The molecule has 0 unspecified atom stereocenters. The molecule has 0 aromatic rings. The molecule has 0 saturated carbocycles. The molecule has 72 valence electrons. The van der Waals surface area contributed by atoms with Crippen LogP contribution in [0.2, 0.25) is 0 Å². The van der Waals surface area contributed by atoms with E-state index in [0.29, 0.717) is 12.5 Å². The molecule has 4 heteroatoms. The fourth-order valence-corrected chi connectivity index (χ4v) is 1.42. The van der Waals surface area contributed by atoms with Crippen LogP contribution in [-0.4, -0.2) is 37.0 Å². The van der Waals surface area contributed by atoms with E-state index >= 15 is 0 Å². The van der Waals surface area contributed by atoms with Crippen molar-refractivity contribution in [1.29, 1.82) is 0 Å². The smallest absolute Gasteiger partial charge is 0.222 e. The number of halogens is 1. The summed E-state index contributed by atoms with van der Waals surface area (Å²) in [6.45, 7) is 3.91. The van der Waals surface area contributed by atoms with Crippen molar-refractivity contribution in [2.24, 2.45) is 0 Å². The second-order valence-corrected chi connectivity index (χ2v) is 3.00. The van der Waals surface area contributed by atoms with Crippen molar-refractivity contribution in [3.05, 3.63) is 0 Å². The highest BCUT2D eigenvalue weighted by Crippen LogP contribution is 2.06. The topological polar surface area (TPSA) is 32.3 Å². The first-order valence-electron chi connectivity index (χ1n) is 4.22. The van der Waals surface area contributed by atoms with E-state index in [2.05, 4.69) is 5.32 Å². The van der Waals surface area contributed by atoms with E-state index in [1.54, 1.807) is 0 Å². The van der Waals surface area contributed by atoms with E-state index in [4.69, 9.17) is 0 Å². The van der Waals surface area contributed by atoms with Crippen LogP contribution in [0.3, 0.4) is 0 Å². The largest absolute Gasteiger partial charge is 0.341 e. The van der Waals surface area contributed by atoms with Gasteiger partial charge in [-0.25, -0.2) is 0 Å². The van der Waals surface area contributed by atoms with Crippen LogP contribution in [0.1, 0.15) is 19.8 Å². The van der Waals surface area contributed by atoms with Crippen LogP contribution in [0.25, 0.3) is 0 Å². The van der Waals surface area contributed by atoms with E-state index in [9.17, 15) is 4.79 Å². The molecule has 0 bridgehead atoms. The van der Waals surface area contributed by atoms with Gasteiger partial charge in [-0.05, 0) is 13.0 Å². The number of likely N-dealkylation sites (N-methyl/N-ethyl adjacent to an activating group) is 1. The average molecular weight is 193 g/mol. The molecule has 12 heavy (non-hydrogen) atoms. The number of carbonyl (C=O) groups is 1. The fourth-order valence-electron chi connectivity index (χ4n) is 1.42. The predicted molar refractivity (Wildman–Crippen MR) is 51.6 cm³/mol. The zero-order valence-electron chi connectivity index (χ0n) is 7.67. The molecule has 1 fully saturated rings. The molecule has 1 amide bonds. The summed E-state index contributed by atoms with van der Waals surface area (Å²) in [7, 11) is 1.89. The van der Waals surface area contributed by atoms with Crippen LogP contribution in [-0.2, 0) is 4.79 Å². The molecule has 1 aliphatic heterocycles. The Morgan fingerprint density at radius 3 is 2.75 bits per heavy atom. The number of nitrogens with one attached hydrogen (secondary N) is 1. The van der Waals surface area contributed by atoms with Gasteiger partial charge >= 0.3 is 0 Å². The zero-order chi connectivity index (χ0) is 8.27. The minimum atomic E-state index is 0. The molecule has 1 rings (SSSR count). The molecule has 0 aromatic heterocycles. The number of carbonyl (C=O) groups excluding carboxylic acids is 1. The molecule has 1 saturated heterocycles. The molecule has 1 aliphatic rings. The third-order valence-electron chi connectivity index (χ3n) is 2.28. The summed E-state index contributed by atoms with van der Waals surface area (Å²) >= 11 is 0. The number of hydrogen-bond donors (Lipinski definition) is 1. The molecule has 0 spiro atoms. The summed E-state index contributed by atoms with van der Waals surface area (Å²) in [5.74, 6) is 0.249. The van der Waals surface area contributed by atoms with Crippen molar-refractivity contribution >= 4 is 18.3 Å². The van der Waals surface area contributed by atoms with Gasteiger partial charge in [-0.15, -0.1) is 12.4 Å². The summed E-state index contributed by atoms with van der Waals surface area (Å²) < 4.78 is 0. The van der Waals surface area contributed by atoms with Crippen LogP contribution in [0.5, 0.6) is 0 Å². The Kier molecular flexibility index (Phi) is 5.25. The maximum Gasteiger partial charge on any atom is 0.222 e. The summed E-state index contributed by atoms with van der Waals surface area (Å²) in [5.41, 5.74) is 0. The maximum absolute atomic E-state index is 11.2. The molecule has 0 radical (unpaired) electrons. The van der Waals surface area contributed by atoms with Gasteiger partial charge in [0.2, 0.25) is 5.91 Å². The maximum atomic E-state index is 11.2. The molecule has 1 heterocycles. The highest BCUT2D eigenvalue weighted by Gasteiger charge is 2.21. The van der Waals surface area contributed by atoms with Gasteiger partial charge in [0.15, 0.2) is 0 Å². The van der Waals surface area contributed by atoms with Gasteiger partial charge in [-0.1, -0.05) is 6.92 Å². The molecule has 0 aliphatic carbocycles. The Labute approximate surface area is 79.9 Å². The van der Waals surface area contributed by atoms with Crippen molar-refractivity contribution in [3.63, 3.8) is 0 Å². The van der Waals surface area contributed by atoms with Crippen LogP contribution in [0.4, 0.5) is 0 Å². The summed E-state index contributed by atoms with van der Waals surface area (Å²) in [4.78, 5) is 13.1. The van der Waals surface area contributed by atoms with Crippen LogP contribution in [0.15, 0.2) is 0 Å². The lowest BCUT2D eigenvalue weighted by atomic mass is 10.2. The van der Waals surface area contributed by atoms with Crippen LogP contribution >= 0.6 is 12.4 Å². The molecule has 1 atom stereocenters. The number of amides is 1. The Morgan fingerprint density at radius 1 is 1.67 bits per heavy atom. The molecule has 3 nitrogen and oxygen atoms in total. The highest BCUT2D eigenvalue weighted by molar-refractivity contribution is 5.85.